The maximum atomic E-state index is 12.7. The number of benzene rings is 1. The van der Waals surface area contributed by atoms with Crippen molar-refractivity contribution in [1.82, 2.24) is 14.6 Å². The minimum absolute atomic E-state index is 0.196. The number of aromatic nitrogens is 3. The molecule has 0 atom stereocenters. The third-order valence-corrected chi connectivity index (χ3v) is 4.47. The van der Waals surface area contributed by atoms with Crippen LogP contribution >= 0.6 is 11.3 Å². The van der Waals surface area contributed by atoms with E-state index >= 15 is 0 Å². The van der Waals surface area contributed by atoms with Crippen molar-refractivity contribution in [3.05, 3.63) is 62.5 Å². The number of rotatable bonds is 4. The Balaban J connectivity index is 1.77. The van der Waals surface area contributed by atoms with E-state index in [1.165, 1.54) is 23.5 Å². The highest BCUT2D eigenvalue weighted by molar-refractivity contribution is 7.16. The summed E-state index contributed by atoms with van der Waals surface area (Å²) in [5.41, 5.74) is -1.40. The van der Waals surface area contributed by atoms with E-state index in [1.807, 2.05) is 6.92 Å². The molecular weight excluding hydrogens is 371 g/mol. The Labute approximate surface area is 148 Å². The zero-order chi connectivity index (χ0) is 18.9. The standard InChI is InChI=1S/C16H12F3N3O3S/c1-2-12-21-22-13(23)7-11(20-15(22)26-12)8-25-14(24)9-4-3-5-10(6-9)16(17,18)19/h3-7H,2,8H2,1H3. The SMILES string of the molecule is CCc1nn2c(=O)cc(COC(=O)c3cccc(C(F)(F)F)c3)nc2s1. The maximum Gasteiger partial charge on any atom is 0.416 e. The van der Waals surface area contributed by atoms with Gasteiger partial charge >= 0.3 is 12.1 Å². The fraction of sp³-hybridized carbons (Fsp3) is 0.250. The topological polar surface area (TPSA) is 73.6 Å². The van der Waals surface area contributed by atoms with Crippen molar-refractivity contribution >= 4 is 22.3 Å². The number of alkyl halides is 3. The Morgan fingerprint density at radius 3 is 2.77 bits per heavy atom. The fourth-order valence-corrected chi connectivity index (χ4v) is 3.02. The van der Waals surface area contributed by atoms with Gasteiger partial charge in [-0.1, -0.05) is 24.3 Å². The number of ether oxygens (including phenoxy) is 1. The minimum Gasteiger partial charge on any atom is -0.456 e. The van der Waals surface area contributed by atoms with Gasteiger partial charge in [-0.25, -0.2) is 9.78 Å². The fourth-order valence-electron chi connectivity index (χ4n) is 2.16. The molecule has 2 aromatic heterocycles. The first-order valence-corrected chi connectivity index (χ1v) is 8.32. The van der Waals surface area contributed by atoms with E-state index in [0.717, 1.165) is 21.7 Å². The summed E-state index contributed by atoms with van der Waals surface area (Å²) in [5, 5.41) is 4.82. The van der Waals surface area contributed by atoms with Gasteiger partial charge in [0, 0.05) is 6.07 Å². The normalized spacial score (nSPS) is 11.7. The molecule has 0 bridgehead atoms. The molecule has 0 amide bonds. The molecule has 0 saturated heterocycles. The molecular formula is C16H12F3N3O3S. The van der Waals surface area contributed by atoms with E-state index in [-0.39, 0.29) is 17.9 Å². The van der Waals surface area contributed by atoms with Crippen molar-refractivity contribution in [2.75, 3.05) is 0 Å². The Bertz CT molecular complexity index is 1030. The quantitative estimate of drug-likeness (QED) is 0.648. The molecule has 3 rings (SSSR count). The molecule has 0 aliphatic rings. The Morgan fingerprint density at radius 2 is 2.08 bits per heavy atom. The molecule has 0 unspecified atom stereocenters. The summed E-state index contributed by atoms with van der Waals surface area (Å²) < 4.78 is 44.2. The van der Waals surface area contributed by atoms with Crippen LogP contribution in [0.5, 0.6) is 0 Å². The number of fused-ring (bicyclic) bond motifs is 1. The summed E-state index contributed by atoms with van der Waals surface area (Å²) in [6.45, 7) is 1.56. The number of hydrogen-bond donors (Lipinski definition) is 0. The summed E-state index contributed by atoms with van der Waals surface area (Å²) in [4.78, 5) is 28.5. The molecule has 2 heterocycles. The third kappa shape index (κ3) is 3.74. The Morgan fingerprint density at radius 1 is 1.31 bits per heavy atom. The highest BCUT2D eigenvalue weighted by atomic mass is 32.1. The van der Waals surface area contributed by atoms with E-state index in [9.17, 15) is 22.8 Å². The molecule has 0 saturated carbocycles. The Kier molecular flexibility index (Phi) is 4.77. The second kappa shape index (κ2) is 6.87. The van der Waals surface area contributed by atoms with Crippen LogP contribution in [-0.4, -0.2) is 20.6 Å². The molecule has 26 heavy (non-hydrogen) atoms. The minimum atomic E-state index is -4.55. The first kappa shape index (κ1) is 18.1. The van der Waals surface area contributed by atoms with Crippen LogP contribution in [0.1, 0.15) is 33.5 Å². The summed E-state index contributed by atoms with van der Waals surface area (Å²) in [5.74, 6) is -0.934. The predicted molar refractivity (Wildman–Crippen MR) is 87.1 cm³/mol. The second-order valence-corrected chi connectivity index (χ2v) is 6.32. The van der Waals surface area contributed by atoms with Gasteiger partial charge in [-0.05, 0) is 24.6 Å². The lowest BCUT2D eigenvalue weighted by Gasteiger charge is -2.08. The van der Waals surface area contributed by atoms with Crippen molar-refractivity contribution < 1.29 is 22.7 Å². The lowest BCUT2D eigenvalue weighted by molar-refractivity contribution is -0.137. The molecule has 0 N–H and O–H groups in total. The van der Waals surface area contributed by atoms with Crippen molar-refractivity contribution in [3.63, 3.8) is 0 Å². The van der Waals surface area contributed by atoms with Gasteiger partial charge in [0.25, 0.3) is 5.56 Å². The predicted octanol–water partition coefficient (Wildman–Crippen LogP) is 3.09. The van der Waals surface area contributed by atoms with E-state index < -0.39 is 23.3 Å². The number of nitrogens with zero attached hydrogens (tertiary/aromatic N) is 3. The van der Waals surface area contributed by atoms with Gasteiger partial charge in [0.05, 0.1) is 16.8 Å². The molecule has 1 aromatic carbocycles. The number of aryl methyl sites for hydroxylation is 1. The molecule has 136 valence electrons. The number of carbonyl (C=O) groups excluding carboxylic acids is 1. The molecule has 6 nitrogen and oxygen atoms in total. The molecule has 0 fully saturated rings. The van der Waals surface area contributed by atoms with E-state index in [4.69, 9.17) is 4.74 Å². The number of esters is 1. The summed E-state index contributed by atoms with van der Waals surface area (Å²) in [6, 6.07) is 5.10. The van der Waals surface area contributed by atoms with E-state index in [1.54, 1.807) is 0 Å². The first-order valence-electron chi connectivity index (χ1n) is 7.51. The smallest absolute Gasteiger partial charge is 0.416 e. The third-order valence-electron chi connectivity index (χ3n) is 3.42. The Hall–Kier alpha value is -2.75. The maximum absolute atomic E-state index is 12.7. The van der Waals surface area contributed by atoms with Crippen molar-refractivity contribution in [3.8, 4) is 0 Å². The molecule has 3 aromatic rings. The van der Waals surface area contributed by atoms with Crippen LogP contribution in [0, 0.1) is 0 Å². The van der Waals surface area contributed by atoms with Crippen LogP contribution in [0.3, 0.4) is 0 Å². The van der Waals surface area contributed by atoms with Gasteiger partial charge in [-0.2, -0.15) is 22.8 Å². The van der Waals surface area contributed by atoms with Crippen LogP contribution < -0.4 is 5.56 Å². The average Bonchev–Trinajstić information content (AvgIpc) is 3.03. The monoisotopic (exact) mass is 383 g/mol. The zero-order valence-electron chi connectivity index (χ0n) is 13.4. The highest BCUT2D eigenvalue weighted by Gasteiger charge is 2.31. The van der Waals surface area contributed by atoms with Crippen molar-refractivity contribution in [2.24, 2.45) is 0 Å². The number of hydrogen-bond acceptors (Lipinski definition) is 6. The van der Waals surface area contributed by atoms with Crippen LogP contribution in [0.15, 0.2) is 35.1 Å². The average molecular weight is 383 g/mol. The van der Waals surface area contributed by atoms with E-state index in [0.29, 0.717) is 17.4 Å². The summed E-state index contributed by atoms with van der Waals surface area (Å²) in [7, 11) is 0. The lowest BCUT2D eigenvalue weighted by Crippen LogP contribution is -2.17. The molecule has 10 heteroatoms. The van der Waals surface area contributed by atoms with Crippen LogP contribution in [-0.2, 0) is 23.9 Å². The van der Waals surface area contributed by atoms with Crippen molar-refractivity contribution in [1.29, 1.82) is 0 Å². The molecule has 0 radical (unpaired) electrons. The van der Waals surface area contributed by atoms with Crippen molar-refractivity contribution in [2.45, 2.75) is 26.1 Å². The van der Waals surface area contributed by atoms with Crippen LogP contribution in [0.4, 0.5) is 13.2 Å². The first-order chi connectivity index (χ1) is 12.3. The highest BCUT2D eigenvalue weighted by Crippen LogP contribution is 2.29. The van der Waals surface area contributed by atoms with Gasteiger partial charge in [-0.3, -0.25) is 4.79 Å². The largest absolute Gasteiger partial charge is 0.456 e. The van der Waals surface area contributed by atoms with Gasteiger partial charge < -0.3 is 4.74 Å². The van der Waals surface area contributed by atoms with Gasteiger partial charge in [0.1, 0.15) is 11.6 Å². The molecule has 0 spiro atoms. The van der Waals surface area contributed by atoms with Crippen LogP contribution in [0.25, 0.3) is 4.96 Å². The molecule has 0 aliphatic heterocycles. The molecule has 0 aliphatic carbocycles. The second-order valence-electron chi connectivity index (χ2n) is 5.28. The zero-order valence-corrected chi connectivity index (χ0v) is 14.2. The van der Waals surface area contributed by atoms with Gasteiger partial charge in [-0.15, -0.1) is 0 Å². The number of halogens is 3. The number of carbonyl (C=O) groups is 1. The van der Waals surface area contributed by atoms with Crippen LogP contribution in [0.2, 0.25) is 0 Å². The van der Waals surface area contributed by atoms with Gasteiger partial charge in [0.15, 0.2) is 0 Å². The lowest BCUT2D eigenvalue weighted by atomic mass is 10.1. The van der Waals surface area contributed by atoms with E-state index in [2.05, 4.69) is 10.1 Å². The summed E-state index contributed by atoms with van der Waals surface area (Å²) in [6.07, 6.45) is -3.91. The van der Waals surface area contributed by atoms with Gasteiger partial charge in [0.2, 0.25) is 4.96 Å². The summed E-state index contributed by atoms with van der Waals surface area (Å²) >= 11 is 1.24.